The van der Waals surface area contributed by atoms with Crippen molar-refractivity contribution in [3.05, 3.63) is 59.7 Å². The lowest BCUT2D eigenvalue weighted by Gasteiger charge is -2.19. The largest absolute Gasteiger partial charge is 0.436 e. The Morgan fingerprint density at radius 3 is 2.56 bits per heavy atom. The van der Waals surface area contributed by atoms with Crippen molar-refractivity contribution < 1.29 is 23.1 Å². The van der Waals surface area contributed by atoms with Gasteiger partial charge in [-0.25, -0.2) is 13.6 Å². The van der Waals surface area contributed by atoms with Crippen LogP contribution in [0.4, 0.5) is 13.6 Å². The molecule has 0 aromatic heterocycles. The molecule has 0 bridgehead atoms. The summed E-state index contributed by atoms with van der Waals surface area (Å²) in [4.78, 5) is 24.4. The Morgan fingerprint density at radius 2 is 1.84 bits per heavy atom. The maximum Gasteiger partial charge on any atom is 0.407 e. The third-order valence-electron chi connectivity index (χ3n) is 6.04. The molecular weight excluding hydrogens is 416 g/mol. The number of amides is 1. The predicted octanol–water partition coefficient (Wildman–Crippen LogP) is 2.95. The molecule has 3 N–H and O–H groups in total. The second kappa shape index (κ2) is 10.2. The van der Waals surface area contributed by atoms with Gasteiger partial charge < -0.3 is 20.7 Å². The van der Waals surface area contributed by atoms with Crippen molar-refractivity contribution in [2.75, 3.05) is 19.6 Å². The molecule has 2 aliphatic rings. The fourth-order valence-corrected chi connectivity index (χ4v) is 4.26. The second-order valence-electron chi connectivity index (χ2n) is 8.32. The van der Waals surface area contributed by atoms with E-state index in [1.54, 1.807) is 0 Å². The minimum Gasteiger partial charge on any atom is -0.436 e. The van der Waals surface area contributed by atoms with Gasteiger partial charge in [0, 0.05) is 12.6 Å². The first-order valence-electron chi connectivity index (χ1n) is 11.0. The Hall–Kier alpha value is -2.84. The fraction of sp³-hybridized carbons (Fsp3) is 0.417. The van der Waals surface area contributed by atoms with Crippen LogP contribution >= 0.6 is 0 Å². The average Bonchev–Trinajstić information content (AvgIpc) is 3.42. The molecule has 2 heterocycles. The number of halogens is 2. The van der Waals surface area contributed by atoms with Crippen LogP contribution in [0.3, 0.4) is 0 Å². The van der Waals surface area contributed by atoms with Gasteiger partial charge >= 0.3 is 6.09 Å². The molecule has 0 radical (unpaired) electrons. The molecule has 2 aromatic rings. The fourth-order valence-electron chi connectivity index (χ4n) is 4.26. The van der Waals surface area contributed by atoms with Crippen molar-refractivity contribution in [3.63, 3.8) is 0 Å². The monoisotopic (exact) mass is 443 g/mol. The molecule has 8 heteroatoms. The molecular formula is C24H27F2N3O3. The summed E-state index contributed by atoms with van der Waals surface area (Å²) in [5, 5.41) is 9.23. The Kier molecular flexibility index (Phi) is 7.12. The molecule has 170 valence electrons. The molecule has 0 saturated carbocycles. The summed E-state index contributed by atoms with van der Waals surface area (Å²) in [6.07, 6.45) is 2.17. The van der Waals surface area contributed by atoms with Crippen LogP contribution in [0.15, 0.2) is 42.5 Å². The van der Waals surface area contributed by atoms with Crippen LogP contribution in [-0.2, 0) is 16.0 Å². The SMILES string of the molecule is O=C(NCC[C@H]1CCCN1)O[C@@H]1C(=O)CN[C@@H]1Cc1ccc(-c2ccc(F)c(F)c2)cc1. The van der Waals surface area contributed by atoms with E-state index in [0.29, 0.717) is 24.6 Å². The number of ketones is 1. The number of carbonyl (C=O) groups excluding carboxylic acids is 2. The van der Waals surface area contributed by atoms with E-state index in [1.165, 1.54) is 6.07 Å². The van der Waals surface area contributed by atoms with Crippen molar-refractivity contribution in [1.82, 2.24) is 16.0 Å². The topological polar surface area (TPSA) is 79.5 Å². The van der Waals surface area contributed by atoms with Crippen LogP contribution in [0, 0.1) is 11.6 Å². The van der Waals surface area contributed by atoms with E-state index in [0.717, 1.165) is 49.1 Å². The van der Waals surface area contributed by atoms with E-state index < -0.39 is 23.8 Å². The maximum atomic E-state index is 13.5. The lowest BCUT2D eigenvalue weighted by molar-refractivity contribution is -0.123. The number of nitrogens with one attached hydrogen (secondary N) is 3. The second-order valence-corrected chi connectivity index (χ2v) is 8.32. The van der Waals surface area contributed by atoms with Crippen molar-refractivity contribution in [2.45, 2.75) is 43.9 Å². The van der Waals surface area contributed by atoms with E-state index in [2.05, 4.69) is 16.0 Å². The normalized spacial score (nSPS) is 22.8. The van der Waals surface area contributed by atoms with Gasteiger partial charge in [-0.3, -0.25) is 4.79 Å². The van der Waals surface area contributed by atoms with Crippen LogP contribution in [0.1, 0.15) is 24.8 Å². The van der Waals surface area contributed by atoms with Gasteiger partial charge in [0.25, 0.3) is 0 Å². The minimum absolute atomic E-state index is 0.152. The van der Waals surface area contributed by atoms with Gasteiger partial charge in [0.15, 0.2) is 23.5 Å². The molecule has 4 rings (SSSR count). The lowest BCUT2D eigenvalue weighted by atomic mass is 9.99. The molecule has 32 heavy (non-hydrogen) atoms. The third kappa shape index (κ3) is 5.49. The quantitative estimate of drug-likeness (QED) is 0.613. The molecule has 1 amide bonds. The zero-order valence-corrected chi connectivity index (χ0v) is 17.7. The Morgan fingerprint density at radius 1 is 1.06 bits per heavy atom. The molecule has 0 aliphatic carbocycles. The molecule has 2 aliphatic heterocycles. The summed E-state index contributed by atoms with van der Waals surface area (Å²) >= 11 is 0. The summed E-state index contributed by atoms with van der Waals surface area (Å²) < 4.78 is 32.1. The first kappa shape index (κ1) is 22.4. The van der Waals surface area contributed by atoms with E-state index in [-0.39, 0.29) is 18.4 Å². The Labute approximate surface area is 185 Å². The highest BCUT2D eigenvalue weighted by Gasteiger charge is 2.37. The van der Waals surface area contributed by atoms with Crippen LogP contribution in [-0.4, -0.2) is 49.7 Å². The Balaban J connectivity index is 1.31. The highest BCUT2D eigenvalue weighted by Crippen LogP contribution is 2.23. The highest BCUT2D eigenvalue weighted by molar-refractivity contribution is 5.90. The molecule has 0 unspecified atom stereocenters. The number of Topliss-reactive ketones (excluding diaryl/α,β-unsaturated/α-hetero) is 1. The van der Waals surface area contributed by atoms with E-state index in [1.807, 2.05) is 24.3 Å². The van der Waals surface area contributed by atoms with E-state index >= 15 is 0 Å². The van der Waals surface area contributed by atoms with Gasteiger partial charge in [-0.05, 0) is 61.1 Å². The highest BCUT2D eigenvalue weighted by atomic mass is 19.2. The van der Waals surface area contributed by atoms with Gasteiger partial charge in [0.05, 0.1) is 12.6 Å². The van der Waals surface area contributed by atoms with E-state index in [4.69, 9.17) is 4.74 Å². The summed E-state index contributed by atoms with van der Waals surface area (Å²) in [6, 6.07) is 11.3. The third-order valence-corrected chi connectivity index (χ3v) is 6.04. The van der Waals surface area contributed by atoms with Gasteiger partial charge in [-0.1, -0.05) is 30.3 Å². The Bertz CT molecular complexity index is 961. The zero-order valence-electron chi connectivity index (χ0n) is 17.7. The van der Waals surface area contributed by atoms with Gasteiger partial charge in [0.2, 0.25) is 0 Å². The van der Waals surface area contributed by atoms with Crippen molar-refractivity contribution >= 4 is 11.9 Å². The predicted molar refractivity (Wildman–Crippen MR) is 116 cm³/mol. The molecule has 2 fully saturated rings. The first-order chi connectivity index (χ1) is 15.5. The number of rotatable bonds is 7. The van der Waals surface area contributed by atoms with Crippen LogP contribution in [0.25, 0.3) is 11.1 Å². The molecule has 2 aromatic carbocycles. The molecule has 2 saturated heterocycles. The van der Waals surface area contributed by atoms with Gasteiger partial charge in [-0.2, -0.15) is 0 Å². The summed E-state index contributed by atoms with van der Waals surface area (Å²) in [6.45, 7) is 1.67. The summed E-state index contributed by atoms with van der Waals surface area (Å²) in [5.74, 6) is -1.92. The maximum absolute atomic E-state index is 13.5. The van der Waals surface area contributed by atoms with Crippen molar-refractivity contribution in [3.8, 4) is 11.1 Å². The standard InChI is InChI=1S/C24H27F2N3O3/c25-19-8-7-17(13-20(19)26)16-5-3-15(4-6-16)12-21-23(22(30)14-29-21)32-24(31)28-11-9-18-2-1-10-27-18/h3-8,13,18,21,23,27,29H,1-2,9-12,14H2,(H,28,31)/t18-,21-,23+/m1/s1. The van der Waals surface area contributed by atoms with Crippen molar-refractivity contribution in [1.29, 1.82) is 0 Å². The van der Waals surface area contributed by atoms with Gasteiger partial charge in [0.1, 0.15) is 0 Å². The van der Waals surface area contributed by atoms with Gasteiger partial charge in [-0.15, -0.1) is 0 Å². The zero-order chi connectivity index (χ0) is 22.5. The number of alkyl carbamates (subject to hydrolysis) is 1. The molecule has 0 spiro atoms. The molecule has 3 atom stereocenters. The summed E-state index contributed by atoms with van der Waals surface area (Å²) in [7, 11) is 0. The lowest BCUT2D eigenvalue weighted by Crippen LogP contribution is -2.41. The minimum atomic E-state index is -0.891. The van der Waals surface area contributed by atoms with Crippen LogP contribution in [0.5, 0.6) is 0 Å². The number of benzene rings is 2. The van der Waals surface area contributed by atoms with Crippen LogP contribution < -0.4 is 16.0 Å². The smallest absolute Gasteiger partial charge is 0.407 e. The number of carbonyl (C=O) groups is 2. The average molecular weight is 443 g/mol. The van der Waals surface area contributed by atoms with Crippen molar-refractivity contribution in [2.24, 2.45) is 0 Å². The van der Waals surface area contributed by atoms with Crippen LogP contribution in [0.2, 0.25) is 0 Å². The molecule has 6 nitrogen and oxygen atoms in total. The summed E-state index contributed by atoms with van der Waals surface area (Å²) in [5.41, 5.74) is 2.27. The van der Waals surface area contributed by atoms with E-state index in [9.17, 15) is 18.4 Å². The first-order valence-corrected chi connectivity index (χ1v) is 11.0. The number of ether oxygens (including phenoxy) is 1. The number of hydrogen-bond acceptors (Lipinski definition) is 5. The number of hydrogen-bond donors (Lipinski definition) is 3.